The van der Waals surface area contributed by atoms with Crippen molar-refractivity contribution in [2.24, 2.45) is 5.92 Å². The zero-order chi connectivity index (χ0) is 8.48. The topological polar surface area (TPSA) is 21.3 Å². The van der Waals surface area contributed by atoms with E-state index in [0.29, 0.717) is 12.0 Å². The average molecular weight is 157 g/mol. The summed E-state index contributed by atoms with van der Waals surface area (Å²) in [5, 5.41) is 3.46. The highest BCUT2D eigenvalue weighted by atomic mass is 16.5. The van der Waals surface area contributed by atoms with E-state index in [0.717, 1.165) is 13.2 Å². The first-order valence-corrected chi connectivity index (χ1v) is 4.45. The fourth-order valence-electron chi connectivity index (χ4n) is 1.88. The lowest BCUT2D eigenvalue weighted by Gasteiger charge is -2.28. The van der Waals surface area contributed by atoms with Crippen molar-refractivity contribution in [2.45, 2.75) is 39.3 Å². The van der Waals surface area contributed by atoms with E-state index in [-0.39, 0.29) is 5.60 Å². The average Bonchev–Trinajstić information content (AvgIpc) is 2.16. The third kappa shape index (κ3) is 1.74. The van der Waals surface area contributed by atoms with Crippen LogP contribution >= 0.6 is 0 Å². The van der Waals surface area contributed by atoms with Crippen LogP contribution in [0.25, 0.3) is 0 Å². The molecule has 66 valence electrons. The van der Waals surface area contributed by atoms with Gasteiger partial charge >= 0.3 is 0 Å². The molecule has 2 atom stereocenters. The van der Waals surface area contributed by atoms with Gasteiger partial charge in [-0.3, -0.25) is 0 Å². The van der Waals surface area contributed by atoms with Crippen LogP contribution in [0.5, 0.6) is 0 Å². The predicted octanol–water partition coefficient (Wildman–Crippen LogP) is 1.41. The van der Waals surface area contributed by atoms with Gasteiger partial charge in [-0.05, 0) is 26.3 Å². The molecule has 1 heterocycles. The van der Waals surface area contributed by atoms with Crippen LogP contribution in [-0.2, 0) is 4.74 Å². The third-order valence-electron chi connectivity index (χ3n) is 2.46. The lowest BCUT2D eigenvalue weighted by atomic mass is 9.92. The minimum absolute atomic E-state index is 0.0232. The zero-order valence-corrected chi connectivity index (χ0v) is 7.98. The molecular formula is C9H19NO. The number of hydrogen-bond donors (Lipinski definition) is 1. The predicted molar refractivity (Wildman–Crippen MR) is 46.7 cm³/mol. The van der Waals surface area contributed by atoms with Crippen LogP contribution in [0.15, 0.2) is 0 Å². The summed E-state index contributed by atoms with van der Waals surface area (Å²) in [6, 6.07) is 0.521. The SMILES string of the molecule is CCNC1C(C)COC1(C)C. The first kappa shape index (κ1) is 9.01. The summed E-state index contributed by atoms with van der Waals surface area (Å²) < 4.78 is 5.66. The first-order chi connectivity index (χ1) is 5.08. The van der Waals surface area contributed by atoms with Gasteiger partial charge in [0.25, 0.3) is 0 Å². The molecule has 1 saturated heterocycles. The van der Waals surface area contributed by atoms with E-state index >= 15 is 0 Å². The standard InChI is InChI=1S/C9H19NO/c1-5-10-8-7(2)6-11-9(8,3)4/h7-8,10H,5-6H2,1-4H3. The fourth-order valence-corrected chi connectivity index (χ4v) is 1.88. The van der Waals surface area contributed by atoms with Crippen molar-refractivity contribution in [3.8, 4) is 0 Å². The van der Waals surface area contributed by atoms with E-state index in [9.17, 15) is 0 Å². The second kappa shape index (κ2) is 3.11. The molecule has 1 fully saturated rings. The Kier molecular flexibility index (Phi) is 2.55. The first-order valence-electron chi connectivity index (χ1n) is 4.45. The summed E-state index contributed by atoms with van der Waals surface area (Å²) in [5.41, 5.74) is 0.0232. The van der Waals surface area contributed by atoms with E-state index in [1.165, 1.54) is 0 Å². The molecular weight excluding hydrogens is 138 g/mol. The maximum atomic E-state index is 5.66. The van der Waals surface area contributed by atoms with Crippen molar-refractivity contribution in [1.29, 1.82) is 0 Å². The largest absolute Gasteiger partial charge is 0.374 e. The molecule has 0 aromatic carbocycles. The summed E-state index contributed by atoms with van der Waals surface area (Å²) in [4.78, 5) is 0. The number of likely N-dealkylation sites (N-methyl/N-ethyl adjacent to an activating group) is 1. The summed E-state index contributed by atoms with van der Waals surface area (Å²) >= 11 is 0. The molecule has 0 aliphatic carbocycles. The summed E-state index contributed by atoms with van der Waals surface area (Å²) in [6.07, 6.45) is 0. The maximum Gasteiger partial charge on any atom is 0.0782 e. The number of rotatable bonds is 2. The van der Waals surface area contributed by atoms with Gasteiger partial charge in [0.2, 0.25) is 0 Å². The molecule has 1 aliphatic rings. The normalized spacial score (nSPS) is 36.0. The molecule has 2 nitrogen and oxygen atoms in total. The van der Waals surface area contributed by atoms with Crippen LogP contribution in [0.3, 0.4) is 0 Å². The van der Waals surface area contributed by atoms with Crippen molar-refractivity contribution >= 4 is 0 Å². The van der Waals surface area contributed by atoms with Gasteiger partial charge in [-0.25, -0.2) is 0 Å². The molecule has 1 rings (SSSR count). The molecule has 2 heteroatoms. The highest BCUT2D eigenvalue weighted by Gasteiger charge is 2.40. The van der Waals surface area contributed by atoms with E-state index in [2.05, 4.69) is 33.0 Å². The van der Waals surface area contributed by atoms with Gasteiger partial charge in [0, 0.05) is 6.04 Å². The fraction of sp³-hybridized carbons (Fsp3) is 1.00. The van der Waals surface area contributed by atoms with Gasteiger partial charge < -0.3 is 10.1 Å². The van der Waals surface area contributed by atoms with E-state index in [1.54, 1.807) is 0 Å². The highest BCUT2D eigenvalue weighted by molar-refractivity contribution is 4.94. The van der Waals surface area contributed by atoms with E-state index in [4.69, 9.17) is 4.74 Å². The Morgan fingerprint density at radius 2 is 2.18 bits per heavy atom. The summed E-state index contributed by atoms with van der Waals surface area (Å²) in [6.45, 7) is 10.6. The van der Waals surface area contributed by atoms with Crippen molar-refractivity contribution in [3.63, 3.8) is 0 Å². The smallest absolute Gasteiger partial charge is 0.0782 e. The van der Waals surface area contributed by atoms with Crippen molar-refractivity contribution in [3.05, 3.63) is 0 Å². The molecule has 2 unspecified atom stereocenters. The van der Waals surface area contributed by atoms with Crippen molar-refractivity contribution < 1.29 is 4.74 Å². The number of nitrogens with one attached hydrogen (secondary N) is 1. The molecule has 1 N–H and O–H groups in total. The molecule has 0 amide bonds. The van der Waals surface area contributed by atoms with Crippen LogP contribution in [0, 0.1) is 5.92 Å². The van der Waals surface area contributed by atoms with Crippen molar-refractivity contribution in [1.82, 2.24) is 5.32 Å². The Balaban J connectivity index is 2.57. The van der Waals surface area contributed by atoms with Crippen LogP contribution in [0.4, 0.5) is 0 Å². The molecule has 0 saturated carbocycles. The van der Waals surface area contributed by atoms with Crippen LogP contribution in [-0.4, -0.2) is 24.8 Å². The van der Waals surface area contributed by atoms with Gasteiger partial charge in [0.1, 0.15) is 0 Å². The van der Waals surface area contributed by atoms with Crippen LogP contribution < -0.4 is 5.32 Å². The van der Waals surface area contributed by atoms with Gasteiger partial charge in [0.15, 0.2) is 0 Å². The maximum absolute atomic E-state index is 5.66. The van der Waals surface area contributed by atoms with Crippen molar-refractivity contribution in [2.75, 3.05) is 13.2 Å². The molecule has 0 spiro atoms. The number of ether oxygens (including phenoxy) is 1. The second-order valence-electron chi connectivity index (χ2n) is 3.93. The molecule has 0 radical (unpaired) electrons. The van der Waals surface area contributed by atoms with Gasteiger partial charge in [-0.1, -0.05) is 13.8 Å². The van der Waals surface area contributed by atoms with E-state index in [1.807, 2.05) is 0 Å². The minimum atomic E-state index is 0.0232. The summed E-state index contributed by atoms with van der Waals surface area (Å²) in [7, 11) is 0. The Morgan fingerprint density at radius 1 is 1.55 bits per heavy atom. The monoisotopic (exact) mass is 157 g/mol. The Bertz CT molecular complexity index is 134. The summed E-state index contributed by atoms with van der Waals surface area (Å²) in [5.74, 6) is 0.643. The molecule has 0 bridgehead atoms. The van der Waals surface area contributed by atoms with Gasteiger partial charge in [-0.2, -0.15) is 0 Å². The third-order valence-corrected chi connectivity index (χ3v) is 2.46. The molecule has 1 aliphatic heterocycles. The minimum Gasteiger partial charge on any atom is -0.374 e. The Morgan fingerprint density at radius 3 is 2.55 bits per heavy atom. The van der Waals surface area contributed by atoms with Gasteiger partial charge in [-0.15, -0.1) is 0 Å². The number of hydrogen-bond acceptors (Lipinski definition) is 2. The van der Waals surface area contributed by atoms with Crippen LogP contribution in [0.1, 0.15) is 27.7 Å². The Labute approximate surface area is 69.3 Å². The quantitative estimate of drug-likeness (QED) is 0.654. The molecule has 0 aromatic rings. The highest BCUT2D eigenvalue weighted by Crippen LogP contribution is 2.29. The van der Waals surface area contributed by atoms with E-state index < -0.39 is 0 Å². The molecule has 0 aromatic heterocycles. The molecule has 11 heavy (non-hydrogen) atoms. The lowest BCUT2D eigenvalue weighted by molar-refractivity contribution is 0.0218. The zero-order valence-electron chi connectivity index (χ0n) is 7.98. The Hall–Kier alpha value is -0.0800. The van der Waals surface area contributed by atoms with Gasteiger partial charge in [0.05, 0.1) is 12.2 Å². The second-order valence-corrected chi connectivity index (χ2v) is 3.93. The van der Waals surface area contributed by atoms with Crippen LogP contribution in [0.2, 0.25) is 0 Å². The lowest BCUT2D eigenvalue weighted by Crippen LogP contribution is -2.46.